The molecule has 2 aliphatic heterocycles. The number of aliphatic hydroxyl groups is 6. The summed E-state index contributed by atoms with van der Waals surface area (Å²) in [6, 6.07) is 18.0. The first-order valence-electron chi connectivity index (χ1n) is 26.7. The molecular formula is C53H87NO24. The van der Waals surface area contributed by atoms with Gasteiger partial charge in [-0.25, -0.2) is 0 Å². The minimum atomic E-state index is -1.56. The van der Waals surface area contributed by atoms with Gasteiger partial charge in [0.25, 0.3) is 0 Å². The number of carboxylic acids is 1. The number of aliphatic carboxylic acids is 1. The Morgan fingerprint density at radius 1 is 0.436 bits per heavy atom. The van der Waals surface area contributed by atoms with Crippen LogP contribution in [-0.4, -0.2) is 287 Å². The summed E-state index contributed by atoms with van der Waals surface area (Å²) in [7, 11) is 0. The molecule has 2 heterocycles. The summed E-state index contributed by atoms with van der Waals surface area (Å²) in [6.45, 7) is 8.53. The number of carboxylic acid groups (broad SMARTS) is 1. The van der Waals surface area contributed by atoms with Gasteiger partial charge in [-0.2, -0.15) is 0 Å². The highest BCUT2D eigenvalue weighted by atomic mass is 16.7. The monoisotopic (exact) mass is 1120 g/mol. The fourth-order valence-electron chi connectivity index (χ4n) is 7.61. The number of ether oxygens (including phenoxy) is 16. The van der Waals surface area contributed by atoms with Gasteiger partial charge < -0.3 is 112 Å². The number of nitrogens with zero attached hydrogens (tertiary/aromatic N) is 1. The molecule has 4 rings (SSSR count). The van der Waals surface area contributed by atoms with E-state index in [-0.39, 0.29) is 65.7 Å². The molecule has 2 aliphatic rings. The predicted molar refractivity (Wildman–Crippen MR) is 275 cm³/mol. The molecule has 2 saturated heterocycles. The highest BCUT2D eigenvalue weighted by molar-refractivity contribution is 5.66. The molecule has 2 aromatic rings. The normalized spacial score (nSPS) is 21.4. The molecule has 25 nitrogen and oxygen atoms in total. The minimum Gasteiger partial charge on any atom is -0.481 e. The van der Waals surface area contributed by atoms with Crippen LogP contribution in [0.2, 0.25) is 0 Å². The van der Waals surface area contributed by atoms with Crippen molar-refractivity contribution in [2.75, 3.05) is 191 Å². The van der Waals surface area contributed by atoms with Gasteiger partial charge in [0, 0.05) is 30.8 Å². The van der Waals surface area contributed by atoms with Gasteiger partial charge >= 0.3 is 5.97 Å². The number of rotatable bonds is 49. The third kappa shape index (κ3) is 30.2. The quantitative estimate of drug-likeness (QED) is 0.0405. The van der Waals surface area contributed by atoms with Gasteiger partial charge in [-0.15, -0.1) is 0 Å². The molecule has 0 aliphatic carbocycles. The Morgan fingerprint density at radius 2 is 0.705 bits per heavy atom. The zero-order valence-electron chi connectivity index (χ0n) is 44.8. The standard InChI is InChI=1S/C53H87NO24/c55-43(48(61)50-45(57)39-75-52(77-50)41-7-3-1-4-8-41)37-54(38-44(56)49(62)51-46(58)40-76-53(78-51)42-9-5-2-6-10-42)12-14-64-16-18-66-20-22-68-24-26-70-28-30-72-32-34-74-36-35-73-33-31-71-29-27-69-25-23-67-21-19-65-17-15-63-13-11-47(59)60/h1-10,43-46,48-53,55-58,61-62H,11-40H2,(H,59,60)/t43-,44-,45+,46+,48+,49+,50?,51?,52?,53?/m0/s1. The van der Waals surface area contributed by atoms with Gasteiger partial charge in [0.1, 0.15) is 36.6 Å². The molecule has 25 heteroatoms. The van der Waals surface area contributed by atoms with Crippen molar-refractivity contribution in [3.63, 3.8) is 0 Å². The van der Waals surface area contributed by atoms with Crippen LogP contribution in [0.25, 0.3) is 0 Å². The molecule has 2 fully saturated rings. The molecule has 4 unspecified atom stereocenters. The van der Waals surface area contributed by atoms with Crippen LogP contribution in [0, 0.1) is 0 Å². The zero-order valence-corrected chi connectivity index (χ0v) is 44.8. The number of carbonyl (C=O) groups is 1. The van der Waals surface area contributed by atoms with Crippen LogP contribution in [-0.2, 0) is 80.6 Å². The van der Waals surface area contributed by atoms with Gasteiger partial charge in [0.2, 0.25) is 0 Å². The van der Waals surface area contributed by atoms with Gasteiger partial charge in [-0.3, -0.25) is 9.69 Å². The Bertz CT molecular complexity index is 1640. The van der Waals surface area contributed by atoms with Gasteiger partial charge in [-0.1, -0.05) is 60.7 Å². The van der Waals surface area contributed by atoms with E-state index in [0.717, 1.165) is 0 Å². The molecule has 78 heavy (non-hydrogen) atoms. The Labute approximate surface area is 457 Å². The van der Waals surface area contributed by atoms with E-state index in [9.17, 15) is 35.4 Å². The fraction of sp³-hybridized carbons (Fsp3) is 0.755. The first kappa shape index (κ1) is 67.5. The van der Waals surface area contributed by atoms with E-state index in [1.54, 1.807) is 53.4 Å². The Hall–Kier alpha value is -3.01. The third-order valence-corrected chi connectivity index (χ3v) is 11.8. The number of hydrogen-bond acceptors (Lipinski definition) is 24. The van der Waals surface area contributed by atoms with Crippen LogP contribution in [0.4, 0.5) is 0 Å². The molecule has 0 amide bonds. The van der Waals surface area contributed by atoms with E-state index in [1.807, 2.05) is 12.1 Å². The number of hydrogen-bond donors (Lipinski definition) is 7. The van der Waals surface area contributed by atoms with Crippen molar-refractivity contribution in [1.82, 2.24) is 4.90 Å². The Balaban J connectivity index is 0.962. The van der Waals surface area contributed by atoms with Crippen molar-refractivity contribution in [1.29, 1.82) is 0 Å². The molecule has 448 valence electrons. The SMILES string of the molecule is O=C(O)CCOCCOCCOCCOCCOCCOCCOCCOCCOCCOCCOCCOCCN(C[C@H](O)[C@@H](O)C1OC(c2ccccc2)OC[C@H]1O)C[C@H](O)[C@@H](O)C1OC(c2ccccc2)OC[C@H]1O. The maximum Gasteiger partial charge on any atom is 0.305 e. The molecule has 0 radical (unpaired) electrons. The molecule has 0 bridgehead atoms. The predicted octanol–water partition coefficient (Wildman–Crippen LogP) is -0.644. The molecule has 2 aromatic carbocycles. The molecule has 10 atom stereocenters. The summed E-state index contributed by atoms with van der Waals surface area (Å²) in [5, 5.41) is 75.1. The summed E-state index contributed by atoms with van der Waals surface area (Å²) < 4.78 is 89.0. The molecular weight excluding hydrogens is 1030 g/mol. The lowest BCUT2D eigenvalue weighted by Gasteiger charge is -2.40. The third-order valence-electron chi connectivity index (χ3n) is 11.8. The lowest BCUT2D eigenvalue weighted by Crippen LogP contribution is -2.56. The minimum absolute atomic E-state index is 0.0207. The van der Waals surface area contributed by atoms with E-state index in [0.29, 0.717) is 143 Å². The van der Waals surface area contributed by atoms with Crippen molar-refractivity contribution < 1.29 is 116 Å². The lowest BCUT2D eigenvalue weighted by molar-refractivity contribution is -0.285. The van der Waals surface area contributed by atoms with E-state index in [2.05, 4.69) is 0 Å². The topological polar surface area (TPSA) is 310 Å². The van der Waals surface area contributed by atoms with Crippen LogP contribution in [0.15, 0.2) is 60.7 Å². The molecule has 7 N–H and O–H groups in total. The van der Waals surface area contributed by atoms with Crippen LogP contribution in [0.5, 0.6) is 0 Å². The lowest BCUT2D eigenvalue weighted by atomic mass is 9.99. The van der Waals surface area contributed by atoms with Crippen LogP contribution >= 0.6 is 0 Å². The second kappa shape index (κ2) is 43.7. The van der Waals surface area contributed by atoms with Crippen LogP contribution in [0.3, 0.4) is 0 Å². The summed E-state index contributed by atoms with van der Waals surface area (Å²) in [5.41, 5.74) is 1.35. The fourth-order valence-corrected chi connectivity index (χ4v) is 7.61. The van der Waals surface area contributed by atoms with Crippen LogP contribution in [0.1, 0.15) is 30.1 Å². The highest BCUT2D eigenvalue weighted by Gasteiger charge is 2.42. The highest BCUT2D eigenvalue weighted by Crippen LogP contribution is 2.30. The second-order valence-electron chi connectivity index (χ2n) is 17.9. The first-order chi connectivity index (χ1) is 38.1. The first-order valence-corrected chi connectivity index (χ1v) is 26.7. The molecule has 0 aromatic heterocycles. The van der Waals surface area contributed by atoms with E-state index >= 15 is 0 Å². The van der Waals surface area contributed by atoms with E-state index in [1.165, 1.54) is 0 Å². The smallest absolute Gasteiger partial charge is 0.305 e. The van der Waals surface area contributed by atoms with Crippen molar-refractivity contribution in [3.05, 3.63) is 71.8 Å². The van der Waals surface area contributed by atoms with E-state index in [4.69, 9.17) is 80.9 Å². The average Bonchev–Trinajstić information content (AvgIpc) is 3.46. The Morgan fingerprint density at radius 3 is 0.987 bits per heavy atom. The number of benzene rings is 2. The summed E-state index contributed by atoms with van der Waals surface area (Å²) in [4.78, 5) is 12.0. The largest absolute Gasteiger partial charge is 0.481 e. The number of aliphatic hydroxyl groups excluding tert-OH is 6. The van der Waals surface area contributed by atoms with E-state index < -0.39 is 67.4 Å². The maximum absolute atomic E-state index is 11.3. The second-order valence-corrected chi connectivity index (χ2v) is 17.9. The van der Waals surface area contributed by atoms with Crippen LogP contribution < -0.4 is 0 Å². The van der Waals surface area contributed by atoms with Gasteiger partial charge in [0.15, 0.2) is 12.6 Å². The summed E-state index contributed by atoms with van der Waals surface area (Å²) in [5.74, 6) is -0.889. The van der Waals surface area contributed by atoms with Crippen molar-refractivity contribution >= 4 is 5.97 Å². The summed E-state index contributed by atoms with van der Waals surface area (Å²) >= 11 is 0. The summed E-state index contributed by atoms with van der Waals surface area (Å²) in [6.07, 6.45) is -12.7. The van der Waals surface area contributed by atoms with Crippen molar-refractivity contribution in [2.45, 2.75) is 67.8 Å². The average molecular weight is 1120 g/mol. The van der Waals surface area contributed by atoms with Gasteiger partial charge in [0.05, 0.1) is 190 Å². The zero-order chi connectivity index (χ0) is 55.7. The van der Waals surface area contributed by atoms with Gasteiger partial charge in [-0.05, 0) is 0 Å². The molecule has 0 saturated carbocycles. The Kier molecular flexibility index (Phi) is 37.8. The maximum atomic E-state index is 11.3. The van der Waals surface area contributed by atoms with Crippen molar-refractivity contribution in [2.24, 2.45) is 0 Å². The van der Waals surface area contributed by atoms with Crippen molar-refractivity contribution in [3.8, 4) is 0 Å². The molecule has 0 spiro atoms.